The minimum Gasteiger partial charge on any atom is -0.185 e. The number of aryl methyl sites for hydroxylation is 1. The zero-order valence-corrected chi connectivity index (χ0v) is 14.5. The molecule has 16 heavy (non-hydrogen) atoms. The van der Waals surface area contributed by atoms with Crippen LogP contribution in [0.15, 0.2) is 12.1 Å². The molecular formula is C15H23W-. The van der Waals surface area contributed by atoms with Gasteiger partial charge in [0.15, 0.2) is 0 Å². The van der Waals surface area contributed by atoms with Crippen LogP contribution in [0.2, 0.25) is 0 Å². The second-order valence-corrected chi connectivity index (χ2v) is 5.68. The van der Waals surface area contributed by atoms with E-state index in [4.69, 9.17) is 0 Å². The van der Waals surface area contributed by atoms with E-state index >= 15 is 0 Å². The van der Waals surface area contributed by atoms with Crippen LogP contribution in [0.1, 0.15) is 56.9 Å². The summed E-state index contributed by atoms with van der Waals surface area (Å²) >= 11 is 0. The van der Waals surface area contributed by atoms with E-state index in [0.29, 0.717) is 0 Å². The molecule has 1 rings (SSSR count). The van der Waals surface area contributed by atoms with Crippen molar-refractivity contribution in [2.24, 2.45) is 0 Å². The largest absolute Gasteiger partial charge is 0.185 e. The standard InChI is InChI=1S/C15H23.W/c1-10(2)13-9-8-11(3)12(4)14(13)15(5,6)7;/h8-9H,1-7H3;/q-1;. The smallest absolute Gasteiger partial charge is 0 e. The first-order chi connectivity index (χ1) is 6.75. The Bertz CT molecular complexity index is 356. The molecule has 0 aliphatic heterocycles. The molecule has 90 valence electrons. The Morgan fingerprint density at radius 3 is 1.88 bits per heavy atom. The predicted molar refractivity (Wildman–Crippen MR) is 68.3 cm³/mol. The molecule has 0 N–H and O–H groups in total. The molecular weight excluding hydrogens is 364 g/mol. The van der Waals surface area contributed by atoms with Crippen molar-refractivity contribution >= 4 is 0 Å². The molecule has 0 heterocycles. The summed E-state index contributed by atoms with van der Waals surface area (Å²) in [4.78, 5) is 0. The van der Waals surface area contributed by atoms with E-state index in [-0.39, 0.29) is 26.5 Å². The molecule has 0 nitrogen and oxygen atoms in total. The van der Waals surface area contributed by atoms with E-state index in [0.717, 1.165) is 0 Å². The van der Waals surface area contributed by atoms with Crippen molar-refractivity contribution in [2.75, 3.05) is 0 Å². The van der Waals surface area contributed by atoms with Gasteiger partial charge in [-0.2, -0.15) is 17.5 Å². The molecule has 0 aromatic heterocycles. The van der Waals surface area contributed by atoms with Crippen LogP contribution in [0.25, 0.3) is 0 Å². The van der Waals surface area contributed by atoms with Crippen molar-refractivity contribution in [1.82, 2.24) is 0 Å². The molecule has 0 amide bonds. The van der Waals surface area contributed by atoms with Crippen LogP contribution in [0.4, 0.5) is 0 Å². The maximum atomic E-state index is 2.29. The van der Waals surface area contributed by atoms with Crippen LogP contribution < -0.4 is 0 Å². The molecule has 0 fully saturated rings. The Hall–Kier alpha value is -0.222. The van der Waals surface area contributed by atoms with E-state index in [9.17, 15) is 0 Å². The van der Waals surface area contributed by atoms with Crippen LogP contribution in [0, 0.1) is 19.8 Å². The van der Waals surface area contributed by atoms with Gasteiger partial charge in [-0.3, -0.25) is 0 Å². The first-order valence-electron chi connectivity index (χ1n) is 5.66. The third-order valence-electron chi connectivity index (χ3n) is 3.02. The summed E-state index contributed by atoms with van der Waals surface area (Å²) < 4.78 is 0. The molecule has 1 aromatic rings. The van der Waals surface area contributed by atoms with Gasteiger partial charge in [0.2, 0.25) is 0 Å². The van der Waals surface area contributed by atoms with Crippen molar-refractivity contribution in [3.05, 3.63) is 40.3 Å². The van der Waals surface area contributed by atoms with Gasteiger partial charge in [-0.15, -0.1) is 17.2 Å². The summed E-state index contributed by atoms with van der Waals surface area (Å²) in [6.45, 7) is 15.7. The van der Waals surface area contributed by atoms with Crippen LogP contribution >= 0.6 is 0 Å². The number of rotatable bonds is 1. The summed E-state index contributed by atoms with van der Waals surface area (Å²) in [5.41, 5.74) is 5.99. The van der Waals surface area contributed by atoms with Crippen molar-refractivity contribution in [3.63, 3.8) is 0 Å². The normalized spacial score (nSPS) is 10.9. The average Bonchev–Trinajstić information content (AvgIpc) is 2.06. The second kappa shape index (κ2) is 5.41. The van der Waals surface area contributed by atoms with Crippen LogP contribution in [0.5, 0.6) is 0 Å². The maximum Gasteiger partial charge on any atom is 0 e. The summed E-state index contributed by atoms with van der Waals surface area (Å²) in [7, 11) is 0. The first kappa shape index (κ1) is 15.8. The minimum atomic E-state index is 0. The molecule has 1 aromatic carbocycles. The Morgan fingerprint density at radius 2 is 1.50 bits per heavy atom. The van der Waals surface area contributed by atoms with Crippen molar-refractivity contribution in [1.29, 1.82) is 0 Å². The number of benzene rings is 1. The summed E-state index contributed by atoms with van der Waals surface area (Å²) in [5.74, 6) is 1.41. The zero-order valence-electron chi connectivity index (χ0n) is 11.6. The zero-order chi connectivity index (χ0) is 11.8. The van der Waals surface area contributed by atoms with Gasteiger partial charge in [0.1, 0.15) is 0 Å². The molecule has 0 aliphatic rings. The average molecular weight is 387 g/mol. The Kier molecular flexibility index (Phi) is 5.33. The van der Waals surface area contributed by atoms with Gasteiger partial charge in [-0.05, 0) is 6.92 Å². The minimum absolute atomic E-state index is 0. The molecule has 0 radical (unpaired) electrons. The Morgan fingerprint density at radius 1 is 1.00 bits per heavy atom. The quantitative estimate of drug-likeness (QED) is 0.620. The molecule has 0 bridgehead atoms. The van der Waals surface area contributed by atoms with E-state index < -0.39 is 0 Å². The van der Waals surface area contributed by atoms with Crippen molar-refractivity contribution in [3.8, 4) is 0 Å². The van der Waals surface area contributed by atoms with Crippen molar-refractivity contribution in [2.45, 2.75) is 53.9 Å². The predicted octanol–water partition coefficient (Wildman–Crippen LogP) is 4.56. The van der Waals surface area contributed by atoms with Gasteiger partial charge in [0.05, 0.1) is 0 Å². The van der Waals surface area contributed by atoms with E-state index in [2.05, 4.69) is 60.6 Å². The SMILES string of the molecule is Cc1ccc([C-](C)C)c(C(C)(C)C)c1C.[W]. The number of hydrogen-bond donors (Lipinski definition) is 0. The summed E-state index contributed by atoms with van der Waals surface area (Å²) in [6, 6.07) is 4.49. The third kappa shape index (κ3) is 3.14. The Balaban J connectivity index is 0.00000225. The van der Waals surface area contributed by atoms with Crippen LogP contribution in [-0.4, -0.2) is 0 Å². The monoisotopic (exact) mass is 387 g/mol. The van der Waals surface area contributed by atoms with E-state index in [1.165, 1.54) is 28.2 Å². The number of hydrogen-bond acceptors (Lipinski definition) is 0. The third-order valence-corrected chi connectivity index (χ3v) is 3.02. The fourth-order valence-electron chi connectivity index (χ4n) is 2.20. The maximum absolute atomic E-state index is 2.29. The van der Waals surface area contributed by atoms with Gasteiger partial charge in [-0.25, -0.2) is 0 Å². The molecule has 0 unspecified atom stereocenters. The summed E-state index contributed by atoms with van der Waals surface area (Å²) in [6.07, 6.45) is 0. The van der Waals surface area contributed by atoms with E-state index in [1.54, 1.807) is 0 Å². The van der Waals surface area contributed by atoms with Gasteiger partial charge >= 0.3 is 0 Å². The molecule has 1 heteroatoms. The second-order valence-electron chi connectivity index (χ2n) is 5.68. The molecule has 0 aliphatic carbocycles. The summed E-state index contributed by atoms with van der Waals surface area (Å²) in [5, 5.41) is 0. The topological polar surface area (TPSA) is 0 Å². The van der Waals surface area contributed by atoms with Gasteiger partial charge < -0.3 is 0 Å². The molecule has 0 saturated carbocycles. The molecule has 0 atom stereocenters. The fourth-order valence-corrected chi connectivity index (χ4v) is 2.20. The fraction of sp³-hybridized carbons (Fsp3) is 0.533. The van der Waals surface area contributed by atoms with E-state index in [1.807, 2.05) is 0 Å². The van der Waals surface area contributed by atoms with Crippen LogP contribution in [-0.2, 0) is 26.5 Å². The van der Waals surface area contributed by atoms with Gasteiger partial charge in [-0.1, -0.05) is 52.5 Å². The van der Waals surface area contributed by atoms with Crippen LogP contribution in [0.3, 0.4) is 0 Å². The molecule has 0 spiro atoms. The Labute approximate surface area is 115 Å². The van der Waals surface area contributed by atoms with Gasteiger partial charge in [0, 0.05) is 21.1 Å². The van der Waals surface area contributed by atoms with Gasteiger partial charge in [0.25, 0.3) is 0 Å². The first-order valence-corrected chi connectivity index (χ1v) is 5.66. The van der Waals surface area contributed by atoms with Crippen molar-refractivity contribution < 1.29 is 21.1 Å². The molecule has 0 saturated heterocycles.